The second kappa shape index (κ2) is 5.96. The average molecular weight is 290 g/mol. The number of piperazine rings is 1. The molecule has 1 aromatic carbocycles. The van der Waals surface area contributed by atoms with E-state index in [4.69, 9.17) is 4.74 Å². The zero-order valence-electron chi connectivity index (χ0n) is 13.8. The van der Waals surface area contributed by atoms with Crippen molar-refractivity contribution in [3.05, 3.63) is 23.8 Å². The van der Waals surface area contributed by atoms with Crippen molar-refractivity contribution in [3.8, 4) is 5.75 Å². The molecule has 0 aliphatic carbocycles. The summed E-state index contributed by atoms with van der Waals surface area (Å²) >= 11 is 0. The van der Waals surface area contributed by atoms with Crippen LogP contribution in [0.4, 0.5) is 5.69 Å². The molecule has 1 saturated heterocycles. The highest BCUT2D eigenvalue weighted by Crippen LogP contribution is 2.30. The van der Waals surface area contributed by atoms with E-state index in [0.29, 0.717) is 0 Å². The topological polar surface area (TPSA) is 32.8 Å². The number of rotatable bonds is 2. The summed E-state index contributed by atoms with van der Waals surface area (Å²) in [6.07, 6.45) is 0. The predicted octanol–water partition coefficient (Wildman–Crippen LogP) is 2.70. The van der Waals surface area contributed by atoms with Crippen LogP contribution in [0.1, 0.15) is 26.3 Å². The van der Waals surface area contributed by atoms with Gasteiger partial charge in [0.2, 0.25) is 5.91 Å². The van der Waals surface area contributed by atoms with E-state index in [1.165, 1.54) is 5.56 Å². The third kappa shape index (κ3) is 3.49. The molecule has 0 atom stereocenters. The van der Waals surface area contributed by atoms with Gasteiger partial charge in [0, 0.05) is 31.6 Å². The quantitative estimate of drug-likeness (QED) is 0.839. The molecule has 4 heteroatoms. The molecule has 0 N–H and O–H groups in total. The maximum Gasteiger partial charge on any atom is 0.228 e. The van der Waals surface area contributed by atoms with Crippen LogP contribution in [0.3, 0.4) is 0 Å². The molecule has 1 heterocycles. The number of ether oxygens (including phenoxy) is 1. The Morgan fingerprint density at radius 3 is 2.29 bits per heavy atom. The van der Waals surface area contributed by atoms with Gasteiger partial charge in [0.05, 0.1) is 12.8 Å². The first-order valence-electron chi connectivity index (χ1n) is 7.52. The maximum absolute atomic E-state index is 12.3. The summed E-state index contributed by atoms with van der Waals surface area (Å²) < 4.78 is 5.46. The van der Waals surface area contributed by atoms with E-state index >= 15 is 0 Å². The summed E-state index contributed by atoms with van der Waals surface area (Å²) in [5.74, 6) is 1.13. The molecule has 1 aliphatic rings. The van der Waals surface area contributed by atoms with Crippen molar-refractivity contribution in [1.29, 1.82) is 0 Å². The van der Waals surface area contributed by atoms with Gasteiger partial charge < -0.3 is 14.5 Å². The summed E-state index contributed by atoms with van der Waals surface area (Å²) in [7, 11) is 1.70. The highest BCUT2D eigenvalue weighted by molar-refractivity contribution is 5.81. The van der Waals surface area contributed by atoms with E-state index in [2.05, 4.69) is 24.0 Å². The zero-order chi connectivity index (χ0) is 15.6. The number of carbonyl (C=O) groups is 1. The molecule has 0 spiro atoms. The highest BCUT2D eigenvalue weighted by atomic mass is 16.5. The monoisotopic (exact) mass is 290 g/mol. The first kappa shape index (κ1) is 15.7. The smallest absolute Gasteiger partial charge is 0.228 e. The van der Waals surface area contributed by atoms with Gasteiger partial charge in [-0.05, 0) is 24.6 Å². The Kier molecular flexibility index (Phi) is 4.45. The Morgan fingerprint density at radius 2 is 1.76 bits per heavy atom. The molecule has 0 saturated carbocycles. The van der Waals surface area contributed by atoms with E-state index < -0.39 is 0 Å². The molecular formula is C17H26N2O2. The normalized spacial score (nSPS) is 16.0. The second-order valence-corrected chi connectivity index (χ2v) is 6.70. The minimum Gasteiger partial charge on any atom is -0.495 e. The molecule has 2 rings (SSSR count). The number of anilines is 1. The molecule has 0 radical (unpaired) electrons. The first-order valence-corrected chi connectivity index (χ1v) is 7.52. The fraction of sp³-hybridized carbons (Fsp3) is 0.588. The van der Waals surface area contributed by atoms with Crippen LogP contribution in [0.15, 0.2) is 18.2 Å². The minimum absolute atomic E-state index is 0.235. The van der Waals surface area contributed by atoms with Crippen molar-refractivity contribution in [2.24, 2.45) is 5.41 Å². The van der Waals surface area contributed by atoms with Crippen LogP contribution in [-0.2, 0) is 4.79 Å². The Bertz CT molecular complexity index is 512. The van der Waals surface area contributed by atoms with E-state index in [0.717, 1.165) is 37.6 Å². The van der Waals surface area contributed by atoms with Gasteiger partial charge in [0.25, 0.3) is 0 Å². The van der Waals surface area contributed by atoms with Crippen LogP contribution in [-0.4, -0.2) is 44.1 Å². The van der Waals surface area contributed by atoms with Crippen LogP contribution in [0.25, 0.3) is 0 Å². The van der Waals surface area contributed by atoms with E-state index in [1.54, 1.807) is 7.11 Å². The van der Waals surface area contributed by atoms with Gasteiger partial charge in [-0.15, -0.1) is 0 Å². The molecule has 1 fully saturated rings. The molecule has 4 nitrogen and oxygen atoms in total. The number of carbonyl (C=O) groups excluding carboxylic acids is 1. The molecule has 0 bridgehead atoms. The molecule has 1 amide bonds. The van der Waals surface area contributed by atoms with Crippen molar-refractivity contribution < 1.29 is 9.53 Å². The van der Waals surface area contributed by atoms with Crippen LogP contribution in [0, 0.1) is 12.3 Å². The first-order chi connectivity index (χ1) is 9.82. The van der Waals surface area contributed by atoms with Gasteiger partial charge >= 0.3 is 0 Å². The third-order valence-corrected chi connectivity index (χ3v) is 3.88. The predicted molar refractivity (Wildman–Crippen MR) is 86.0 cm³/mol. The third-order valence-electron chi connectivity index (χ3n) is 3.88. The van der Waals surface area contributed by atoms with E-state index in [9.17, 15) is 4.79 Å². The Hall–Kier alpha value is -1.71. The number of nitrogens with zero attached hydrogens (tertiary/aromatic N) is 2. The Morgan fingerprint density at radius 1 is 1.14 bits per heavy atom. The van der Waals surface area contributed by atoms with Crippen LogP contribution in [0.2, 0.25) is 0 Å². The number of aryl methyl sites for hydroxylation is 1. The summed E-state index contributed by atoms with van der Waals surface area (Å²) in [6.45, 7) is 11.3. The highest BCUT2D eigenvalue weighted by Gasteiger charge is 2.30. The zero-order valence-corrected chi connectivity index (χ0v) is 13.8. The number of methoxy groups -OCH3 is 1. The van der Waals surface area contributed by atoms with Gasteiger partial charge in [-0.3, -0.25) is 4.79 Å². The number of benzene rings is 1. The van der Waals surface area contributed by atoms with Crippen molar-refractivity contribution in [1.82, 2.24) is 4.90 Å². The van der Waals surface area contributed by atoms with Gasteiger partial charge in [-0.2, -0.15) is 0 Å². The standard InChI is InChI=1S/C17H26N2O2/c1-13-6-7-15(21-5)14(12-13)18-8-10-19(11-9-18)16(20)17(2,3)4/h6-7,12H,8-11H2,1-5H3. The van der Waals surface area contributed by atoms with Gasteiger partial charge in [-0.1, -0.05) is 26.8 Å². The molecule has 21 heavy (non-hydrogen) atoms. The molecule has 116 valence electrons. The number of hydrogen-bond donors (Lipinski definition) is 0. The fourth-order valence-electron chi connectivity index (χ4n) is 2.67. The van der Waals surface area contributed by atoms with Crippen LogP contribution < -0.4 is 9.64 Å². The van der Waals surface area contributed by atoms with Gasteiger partial charge in [0.1, 0.15) is 5.75 Å². The van der Waals surface area contributed by atoms with Gasteiger partial charge in [-0.25, -0.2) is 0 Å². The summed E-state index contributed by atoms with van der Waals surface area (Å²) in [6, 6.07) is 6.22. The Balaban J connectivity index is 2.08. The van der Waals surface area contributed by atoms with Crippen molar-refractivity contribution in [3.63, 3.8) is 0 Å². The van der Waals surface area contributed by atoms with Crippen molar-refractivity contribution in [2.45, 2.75) is 27.7 Å². The fourth-order valence-corrected chi connectivity index (χ4v) is 2.67. The van der Waals surface area contributed by atoms with Crippen molar-refractivity contribution in [2.75, 3.05) is 38.2 Å². The summed E-state index contributed by atoms with van der Waals surface area (Å²) in [5, 5.41) is 0. The van der Waals surface area contributed by atoms with E-state index in [1.807, 2.05) is 31.7 Å². The lowest BCUT2D eigenvalue weighted by Gasteiger charge is -2.39. The molecule has 1 aliphatic heterocycles. The summed E-state index contributed by atoms with van der Waals surface area (Å²) in [5.41, 5.74) is 2.04. The number of amides is 1. The summed E-state index contributed by atoms with van der Waals surface area (Å²) in [4.78, 5) is 16.6. The van der Waals surface area contributed by atoms with E-state index in [-0.39, 0.29) is 11.3 Å². The van der Waals surface area contributed by atoms with Crippen molar-refractivity contribution >= 4 is 11.6 Å². The largest absolute Gasteiger partial charge is 0.495 e. The molecule has 0 aromatic heterocycles. The molecule has 1 aromatic rings. The lowest BCUT2D eigenvalue weighted by atomic mass is 9.94. The lowest BCUT2D eigenvalue weighted by Crippen LogP contribution is -2.51. The molecular weight excluding hydrogens is 264 g/mol. The maximum atomic E-state index is 12.3. The SMILES string of the molecule is COc1ccc(C)cc1N1CCN(C(=O)C(C)(C)C)CC1. The average Bonchev–Trinajstić information content (AvgIpc) is 2.45. The molecule has 0 unspecified atom stereocenters. The lowest BCUT2D eigenvalue weighted by molar-refractivity contribution is -0.139. The minimum atomic E-state index is -0.302. The second-order valence-electron chi connectivity index (χ2n) is 6.70. The van der Waals surface area contributed by atoms with Gasteiger partial charge in [0.15, 0.2) is 0 Å². The number of hydrogen-bond acceptors (Lipinski definition) is 3. The van der Waals surface area contributed by atoms with Crippen LogP contribution in [0.5, 0.6) is 5.75 Å². The Labute approximate surface area is 127 Å². The van der Waals surface area contributed by atoms with Crippen LogP contribution >= 0.6 is 0 Å².